The summed E-state index contributed by atoms with van der Waals surface area (Å²) in [4.78, 5) is 24.9. The maximum atomic E-state index is 12.6. The normalized spacial score (nSPS) is 16.9. The first-order valence-electron chi connectivity index (χ1n) is 8.37. The largest absolute Gasteiger partial charge is 0.454 e. The van der Waals surface area contributed by atoms with Crippen LogP contribution in [0.3, 0.4) is 0 Å². The predicted octanol–water partition coefficient (Wildman–Crippen LogP) is 1.47. The molecular weight excluding hydrogens is 320 g/mol. The number of piperazine rings is 1. The smallest absolute Gasteiger partial charge is 0.257 e. The second-order valence-electron chi connectivity index (χ2n) is 6.28. The van der Waals surface area contributed by atoms with Gasteiger partial charge in [-0.15, -0.1) is 0 Å². The van der Waals surface area contributed by atoms with Crippen molar-refractivity contribution in [3.63, 3.8) is 0 Å². The van der Waals surface area contributed by atoms with Crippen LogP contribution in [0, 0.1) is 6.92 Å². The summed E-state index contributed by atoms with van der Waals surface area (Å²) in [6, 6.07) is 6.05. The molecule has 25 heavy (non-hydrogen) atoms. The topological polar surface area (TPSA) is 67.8 Å². The van der Waals surface area contributed by atoms with E-state index in [1.165, 1.54) is 11.9 Å². The monoisotopic (exact) mass is 340 g/mol. The molecule has 1 saturated heterocycles. The van der Waals surface area contributed by atoms with E-state index in [1.54, 1.807) is 6.20 Å². The van der Waals surface area contributed by atoms with E-state index in [9.17, 15) is 4.79 Å². The van der Waals surface area contributed by atoms with E-state index in [-0.39, 0.29) is 5.91 Å². The third-order valence-electron chi connectivity index (χ3n) is 4.64. The lowest BCUT2D eigenvalue weighted by molar-refractivity contribution is 0.0627. The summed E-state index contributed by atoms with van der Waals surface area (Å²) in [5, 5.41) is 0. The number of carbonyl (C=O) groups is 1. The molecule has 3 heterocycles. The average Bonchev–Trinajstić information content (AvgIpc) is 3.10. The molecule has 0 bridgehead atoms. The lowest BCUT2D eigenvalue weighted by Gasteiger charge is -2.34. The van der Waals surface area contributed by atoms with Gasteiger partial charge in [-0.1, -0.05) is 6.07 Å². The van der Waals surface area contributed by atoms with Crippen LogP contribution in [0.1, 0.15) is 21.6 Å². The molecule has 0 atom stereocenters. The molecule has 2 aromatic rings. The third kappa shape index (κ3) is 3.28. The Bertz CT molecular complexity index is 788. The van der Waals surface area contributed by atoms with E-state index in [1.807, 2.05) is 24.0 Å². The third-order valence-corrected chi connectivity index (χ3v) is 4.64. The van der Waals surface area contributed by atoms with Gasteiger partial charge in [0, 0.05) is 38.9 Å². The first-order valence-corrected chi connectivity index (χ1v) is 8.37. The highest BCUT2D eigenvalue weighted by Gasteiger charge is 2.24. The first kappa shape index (κ1) is 15.8. The Morgan fingerprint density at radius 1 is 1.16 bits per heavy atom. The van der Waals surface area contributed by atoms with E-state index in [0.29, 0.717) is 25.4 Å². The average molecular weight is 340 g/mol. The number of carbonyl (C=O) groups excluding carboxylic acids is 1. The van der Waals surface area contributed by atoms with E-state index in [0.717, 1.165) is 36.8 Å². The van der Waals surface area contributed by atoms with E-state index in [2.05, 4.69) is 20.9 Å². The van der Waals surface area contributed by atoms with Crippen LogP contribution in [-0.4, -0.2) is 58.6 Å². The Morgan fingerprint density at radius 3 is 2.76 bits per heavy atom. The molecule has 1 amide bonds. The molecule has 0 saturated carbocycles. The number of hydrogen-bond donors (Lipinski definition) is 0. The van der Waals surface area contributed by atoms with Crippen LogP contribution < -0.4 is 9.47 Å². The lowest BCUT2D eigenvalue weighted by Crippen LogP contribution is -2.48. The molecule has 2 aliphatic rings. The van der Waals surface area contributed by atoms with Gasteiger partial charge in [-0.2, -0.15) is 0 Å². The maximum absolute atomic E-state index is 12.6. The highest BCUT2D eigenvalue weighted by molar-refractivity contribution is 5.94. The van der Waals surface area contributed by atoms with Crippen LogP contribution in [0.2, 0.25) is 0 Å². The highest BCUT2D eigenvalue weighted by atomic mass is 16.7. The van der Waals surface area contributed by atoms with E-state index < -0.39 is 0 Å². The molecule has 130 valence electrons. The summed E-state index contributed by atoms with van der Waals surface area (Å²) in [6.07, 6.45) is 3.07. The number of amides is 1. The van der Waals surface area contributed by atoms with Crippen molar-refractivity contribution in [2.24, 2.45) is 0 Å². The minimum Gasteiger partial charge on any atom is -0.454 e. The van der Waals surface area contributed by atoms with Gasteiger partial charge >= 0.3 is 0 Å². The van der Waals surface area contributed by atoms with Gasteiger partial charge in [0.05, 0.1) is 11.3 Å². The van der Waals surface area contributed by atoms with Crippen molar-refractivity contribution in [1.29, 1.82) is 0 Å². The summed E-state index contributed by atoms with van der Waals surface area (Å²) in [5.74, 6) is 1.63. The van der Waals surface area contributed by atoms with Crippen molar-refractivity contribution in [3.05, 3.63) is 47.5 Å². The maximum Gasteiger partial charge on any atom is 0.257 e. The molecule has 1 fully saturated rings. The molecule has 4 rings (SSSR count). The molecule has 2 aliphatic heterocycles. The van der Waals surface area contributed by atoms with Gasteiger partial charge in [-0.25, -0.2) is 9.97 Å². The number of hydrogen-bond acceptors (Lipinski definition) is 6. The number of nitrogens with zero attached hydrogens (tertiary/aromatic N) is 4. The van der Waals surface area contributed by atoms with Crippen LogP contribution in [0.15, 0.2) is 30.7 Å². The van der Waals surface area contributed by atoms with Crippen molar-refractivity contribution in [2.75, 3.05) is 33.0 Å². The Balaban J connectivity index is 1.35. The molecule has 1 aromatic carbocycles. The first-order chi connectivity index (χ1) is 12.2. The zero-order valence-corrected chi connectivity index (χ0v) is 14.1. The van der Waals surface area contributed by atoms with E-state index >= 15 is 0 Å². The van der Waals surface area contributed by atoms with Crippen molar-refractivity contribution in [1.82, 2.24) is 19.8 Å². The van der Waals surface area contributed by atoms with Gasteiger partial charge in [0.15, 0.2) is 11.5 Å². The van der Waals surface area contributed by atoms with Gasteiger partial charge < -0.3 is 14.4 Å². The number of aryl methyl sites for hydroxylation is 1. The number of rotatable bonds is 3. The molecule has 0 radical (unpaired) electrons. The van der Waals surface area contributed by atoms with Crippen molar-refractivity contribution in [3.8, 4) is 11.5 Å². The minimum absolute atomic E-state index is 0.0147. The molecule has 0 spiro atoms. The Morgan fingerprint density at radius 2 is 1.96 bits per heavy atom. The Labute approximate surface area is 146 Å². The number of benzene rings is 1. The molecule has 7 nitrogen and oxygen atoms in total. The van der Waals surface area contributed by atoms with Crippen molar-refractivity contribution >= 4 is 5.91 Å². The van der Waals surface area contributed by atoms with Gasteiger partial charge in [-0.05, 0) is 24.6 Å². The summed E-state index contributed by atoms with van der Waals surface area (Å²) in [5.41, 5.74) is 2.51. The molecule has 1 aromatic heterocycles. The SMILES string of the molecule is Cc1ncncc1C(=O)N1CCN(Cc2ccc3c(c2)OCO3)CC1. The van der Waals surface area contributed by atoms with Gasteiger partial charge in [0.25, 0.3) is 5.91 Å². The van der Waals surface area contributed by atoms with Crippen LogP contribution in [0.25, 0.3) is 0 Å². The molecule has 0 N–H and O–H groups in total. The predicted molar refractivity (Wildman–Crippen MR) is 90.5 cm³/mol. The fourth-order valence-corrected chi connectivity index (χ4v) is 3.18. The fraction of sp³-hybridized carbons (Fsp3) is 0.389. The summed E-state index contributed by atoms with van der Waals surface area (Å²) in [7, 11) is 0. The molecule has 7 heteroatoms. The van der Waals surface area contributed by atoms with Crippen LogP contribution in [-0.2, 0) is 6.54 Å². The fourth-order valence-electron chi connectivity index (χ4n) is 3.18. The van der Waals surface area contributed by atoms with Crippen molar-refractivity contribution < 1.29 is 14.3 Å². The van der Waals surface area contributed by atoms with Gasteiger partial charge in [0.2, 0.25) is 6.79 Å². The van der Waals surface area contributed by atoms with Gasteiger partial charge in [-0.3, -0.25) is 9.69 Å². The minimum atomic E-state index is 0.0147. The summed E-state index contributed by atoms with van der Waals surface area (Å²) < 4.78 is 10.8. The second kappa shape index (κ2) is 6.68. The van der Waals surface area contributed by atoms with Crippen LogP contribution >= 0.6 is 0 Å². The lowest BCUT2D eigenvalue weighted by atomic mass is 10.1. The van der Waals surface area contributed by atoms with Crippen molar-refractivity contribution in [2.45, 2.75) is 13.5 Å². The summed E-state index contributed by atoms with van der Waals surface area (Å²) in [6.45, 7) is 6.06. The molecule has 0 unspecified atom stereocenters. The zero-order chi connectivity index (χ0) is 17.2. The number of ether oxygens (including phenoxy) is 2. The number of aromatic nitrogens is 2. The quantitative estimate of drug-likeness (QED) is 0.843. The van der Waals surface area contributed by atoms with Crippen LogP contribution in [0.4, 0.5) is 0 Å². The summed E-state index contributed by atoms with van der Waals surface area (Å²) >= 11 is 0. The Kier molecular flexibility index (Phi) is 4.23. The zero-order valence-electron chi connectivity index (χ0n) is 14.1. The van der Waals surface area contributed by atoms with Crippen LogP contribution in [0.5, 0.6) is 11.5 Å². The highest BCUT2D eigenvalue weighted by Crippen LogP contribution is 2.32. The second-order valence-corrected chi connectivity index (χ2v) is 6.28. The van der Waals surface area contributed by atoms with Gasteiger partial charge in [0.1, 0.15) is 6.33 Å². The van der Waals surface area contributed by atoms with E-state index in [4.69, 9.17) is 9.47 Å². The number of fused-ring (bicyclic) bond motifs is 1. The standard InChI is InChI=1S/C18H20N4O3/c1-13-15(9-19-11-20-13)18(23)22-6-4-21(5-7-22)10-14-2-3-16-17(8-14)25-12-24-16/h2-3,8-9,11H,4-7,10,12H2,1H3. The molecular formula is C18H20N4O3. The molecule has 0 aliphatic carbocycles. The Hall–Kier alpha value is -2.67.